The van der Waals surface area contributed by atoms with Crippen LogP contribution in [-0.4, -0.2) is 17.4 Å². The fraction of sp³-hybridized carbons (Fsp3) is 0.273. The van der Waals surface area contributed by atoms with Crippen LogP contribution in [0, 0.1) is 6.92 Å². The predicted octanol–water partition coefficient (Wildman–Crippen LogP) is 3.40. The van der Waals surface area contributed by atoms with Crippen molar-refractivity contribution in [2.45, 2.75) is 13.1 Å². The molecule has 17 heavy (non-hydrogen) atoms. The Morgan fingerprint density at radius 1 is 1.41 bits per heavy atom. The molecule has 0 aliphatic carbocycles. The topological polar surface area (TPSA) is 34.1 Å². The summed E-state index contributed by atoms with van der Waals surface area (Å²) in [7, 11) is 0. The van der Waals surface area contributed by atoms with Crippen LogP contribution in [0.5, 0.6) is 0 Å². The molecule has 0 bridgehead atoms. The van der Waals surface area contributed by atoms with Gasteiger partial charge in [-0.3, -0.25) is 9.59 Å². The van der Waals surface area contributed by atoms with Gasteiger partial charge < -0.3 is 0 Å². The van der Waals surface area contributed by atoms with Crippen molar-refractivity contribution < 1.29 is 22.8 Å². The van der Waals surface area contributed by atoms with Crippen molar-refractivity contribution in [1.29, 1.82) is 0 Å². The van der Waals surface area contributed by atoms with Gasteiger partial charge >= 0.3 is 6.18 Å². The van der Waals surface area contributed by atoms with E-state index in [1.54, 1.807) is 0 Å². The van der Waals surface area contributed by atoms with Crippen molar-refractivity contribution in [2.75, 3.05) is 5.33 Å². The first-order valence-electron chi connectivity index (χ1n) is 4.57. The van der Waals surface area contributed by atoms with Gasteiger partial charge in [0.1, 0.15) is 0 Å². The van der Waals surface area contributed by atoms with Gasteiger partial charge in [-0.2, -0.15) is 13.2 Å². The number of Topliss-reactive ketones (excluding diaryl/α,β-unsaturated/α-hetero) is 1. The Bertz CT molecular complexity index is 467. The maximum Gasteiger partial charge on any atom is 0.416 e. The van der Waals surface area contributed by atoms with E-state index in [4.69, 9.17) is 0 Å². The first-order chi connectivity index (χ1) is 7.81. The van der Waals surface area contributed by atoms with E-state index in [9.17, 15) is 22.8 Å². The number of aldehydes is 1. The minimum atomic E-state index is -4.53. The summed E-state index contributed by atoms with van der Waals surface area (Å²) in [5, 5.41) is -0.131. The normalized spacial score (nSPS) is 11.4. The highest BCUT2D eigenvalue weighted by molar-refractivity contribution is 9.09. The molecule has 0 amide bonds. The maximum atomic E-state index is 12.6. The van der Waals surface area contributed by atoms with Gasteiger partial charge in [0.15, 0.2) is 12.1 Å². The Morgan fingerprint density at radius 2 is 2.00 bits per heavy atom. The Labute approximate surface area is 104 Å². The molecule has 92 valence electrons. The van der Waals surface area contributed by atoms with Gasteiger partial charge in [-0.1, -0.05) is 15.9 Å². The monoisotopic (exact) mass is 308 g/mol. The first kappa shape index (κ1) is 13.9. The summed E-state index contributed by atoms with van der Waals surface area (Å²) in [5.41, 5.74) is -1.21. The number of halogens is 4. The summed E-state index contributed by atoms with van der Waals surface area (Å²) in [4.78, 5) is 22.1. The Balaban J connectivity index is 3.48. The number of rotatable bonds is 3. The van der Waals surface area contributed by atoms with Crippen molar-refractivity contribution in [2.24, 2.45) is 0 Å². The van der Waals surface area contributed by atoms with E-state index in [0.717, 1.165) is 12.1 Å². The van der Waals surface area contributed by atoms with Crippen molar-refractivity contribution in [1.82, 2.24) is 0 Å². The van der Waals surface area contributed by atoms with Crippen LogP contribution in [0.25, 0.3) is 0 Å². The summed E-state index contributed by atoms with van der Waals surface area (Å²) < 4.78 is 37.9. The van der Waals surface area contributed by atoms with Crippen LogP contribution >= 0.6 is 15.9 Å². The van der Waals surface area contributed by atoms with Gasteiger partial charge in [0.05, 0.1) is 10.9 Å². The highest BCUT2D eigenvalue weighted by Gasteiger charge is 2.33. The van der Waals surface area contributed by atoms with Crippen molar-refractivity contribution in [3.63, 3.8) is 0 Å². The minimum Gasteiger partial charge on any atom is -0.298 e. The van der Waals surface area contributed by atoms with Crippen LogP contribution < -0.4 is 0 Å². The standard InChI is InChI=1S/C11H8BrF3O2/c1-6-2-7(5-16)8(10(17)4-12)3-9(6)11(13,14)15/h2-3,5H,4H2,1H3. The summed E-state index contributed by atoms with van der Waals surface area (Å²) in [5.74, 6) is -0.558. The van der Waals surface area contributed by atoms with Crippen molar-refractivity contribution in [3.05, 3.63) is 34.4 Å². The van der Waals surface area contributed by atoms with Crippen LogP contribution in [0.3, 0.4) is 0 Å². The highest BCUT2D eigenvalue weighted by Crippen LogP contribution is 2.33. The molecule has 0 fully saturated rings. The van der Waals surface area contributed by atoms with E-state index in [1.165, 1.54) is 6.92 Å². The minimum absolute atomic E-state index is 0.0278. The molecule has 0 unspecified atom stereocenters. The fourth-order valence-corrected chi connectivity index (χ4v) is 1.75. The number of benzene rings is 1. The smallest absolute Gasteiger partial charge is 0.298 e. The fourth-order valence-electron chi connectivity index (χ4n) is 1.45. The molecule has 0 aromatic heterocycles. The lowest BCUT2D eigenvalue weighted by atomic mass is 9.97. The molecule has 0 spiro atoms. The molecule has 2 nitrogen and oxygen atoms in total. The van der Waals surface area contributed by atoms with E-state index in [2.05, 4.69) is 15.9 Å². The molecule has 0 saturated carbocycles. The Kier molecular flexibility index (Phi) is 4.08. The zero-order valence-corrected chi connectivity index (χ0v) is 10.4. The maximum absolute atomic E-state index is 12.6. The molecule has 1 rings (SSSR count). The second-order valence-corrected chi connectivity index (χ2v) is 3.99. The second-order valence-electron chi connectivity index (χ2n) is 3.43. The van der Waals surface area contributed by atoms with Gasteiger partial charge in [0, 0.05) is 11.1 Å². The van der Waals surface area contributed by atoms with E-state index < -0.39 is 17.5 Å². The van der Waals surface area contributed by atoms with Gasteiger partial charge in [-0.05, 0) is 24.6 Å². The lowest BCUT2D eigenvalue weighted by molar-refractivity contribution is -0.138. The van der Waals surface area contributed by atoms with E-state index in [0.29, 0.717) is 6.29 Å². The molecule has 1 aromatic rings. The molecular formula is C11H8BrF3O2. The van der Waals surface area contributed by atoms with Crippen LogP contribution in [0.4, 0.5) is 13.2 Å². The van der Waals surface area contributed by atoms with E-state index >= 15 is 0 Å². The molecular weight excluding hydrogens is 301 g/mol. The molecule has 0 N–H and O–H groups in total. The summed E-state index contributed by atoms with van der Waals surface area (Å²) >= 11 is 2.86. The molecule has 6 heteroatoms. The SMILES string of the molecule is Cc1cc(C=O)c(C(=O)CBr)cc1C(F)(F)F. The van der Waals surface area contributed by atoms with Crippen LogP contribution in [0.15, 0.2) is 12.1 Å². The number of alkyl halides is 4. The average Bonchev–Trinajstić information content (AvgIpc) is 2.25. The molecule has 0 aliphatic rings. The molecule has 1 aromatic carbocycles. The third kappa shape index (κ3) is 2.94. The van der Waals surface area contributed by atoms with Gasteiger partial charge in [0.2, 0.25) is 0 Å². The second kappa shape index (κ2) is 5.00. The zero-order valence-electron chi connectivity index (χ0n) is 8.77. The van der Waals surface area contributed by atoms with Crippen molar-refractivity contribution in [3.8, 4) is 0 Å². The number of carbonyl (C=O) groups excluding carboxylic acids is 2. The summed E-state index contributed by atoms with van der Waals surface area (Å²) in [6, 6.07) is 1.80. The molecule has 0 atom stereocenters. The number of hydrogen-bond donors (Lipinski definition) is 0. The van der Waals surface area contributed by atoms with Crippen LogP contribution in [-0.2, 0) is 6.18 Å². The molecule has 0 radical (unpaired) electrons. The van der Waals surface area contributed by atoms with E-state index in [1.807, 2.05) is 0 Å². The number of aryl methyl sites for hydroxylation is 1. The highest BCUT2D eigenvalue weighted by atomic mass is 79.9. The van der Waals surface area contributed by atoms with Crippen LogP contribution in [0.2, 0.25) is 0 Å². The molecule has 0 heterocycles. The molecule has 0 aliphatic heterocycles. The third-order valence-electron chi connectivity index (χ3n) is 2.25. The lowest BCUT2D eigenvalue weighted by Crippen LogP contribution is -2.12. The van der Waals surface area contributed by atoms with Crippen LogP contribution in [0.1, 0.15) is 31.8 Å². The summed E-state index contributed by atoms with van der Waals surface area (Å²) in [6.07, 6.45) is -4.16. The van der Waals surface area contributed by atoms with Crippen molar-refractivity contribution >= 4 is 28.0 Å². The lowest BCUT2D eigenvalue weighted by Gasteiger charge is -2.13. The predicted molar refractivity (Wildman–Crippen MR) is 59.7 cm³/mol. The molecule has 0 saturated heterocycles. The number of ketones is 1. The summed E-state index contributed by atoms with van der Waals surface area (Å²) in [6.45, 7) is 1.25. The zero-order chi connectivity index (χ0) is 13.2. The first-order valence-corrected chi connectivity index (χ1v) is 5.69. The van der Waals surface area contributed by atoms with E-state index in [-0.39, 0.29) is 22.0 Å². The van der Waals surface area contributed by atoms with Gasteiger partial charge in [0.25, 0.3) is 0 Å². The number of hydrogen-bond acceptors (Lipinski definition) is 2. The quantitative estimate of drug-likeness (QED) is 0.487. The average molecular weight is 309 g/mol. The Hall–Kier alpha value is -1.17. The largest absolute Gasteiger partial charge is 0.416 e. The third-order valence-corrected chi connectivity index (χ3v) is 2.76. The van der Waals surface area contributed by atoms with Gasteiger partial charge in [-0.15, -0.1) is 0 Å². The number of carbonyl (C=O) groups is 2. The van der Waals surface area contributed by atoms with Gasteiger partial charge in [-0.25, -0.2) is 0 Å². The Morgan fingerprint density at radius 3 is 2.41 bits per heavy atom.